The summed E-state index contributed by atoms with van der Waals surface area (Å²) in [6.07, 6.45) is 4.34. The summed E-state index contributed by atoms with van der Waals surface area (Å²) in [6.45, 7) is 2.10. The third kappa shape index (κ3) is 4.01. The molecule has 1 saturated heterocycles. The molecule has 4 rings (SSSR count). The molecule has 3 atom stereocenters. The van der Waals surface area contributed by atoms with Crippen molar-refractivity contribution < 1.29 is 18.7 Å². The molecule has 1 unspecified atom stereocenters. The van der Waals surface area contributed by atoms with E-state index in [4.69, 9.17) is 10.00 Å². The number of alkyl halides is 1. The zero-order valence-corrected chi connectivity index (χ0v) is 16.8. The van der Waals surface area contributed by atoms with Gasteiger partial charge in [0, 0.05) is 24.5 Å². The van der Waals surface area contributed by atoms with Gasteiger partial charge in [-0.25, -0.2) is 4.39 Å². The van der Waals surface area contributed by atoms with Gasteiger partial charge in [-0.15, -0.1) is 0 Å². The minimum absolute atomic E-state index is 0.00706. The third-order valence-corrected chi connectivity index (χ3v) is 7.01. The van der Waals surface area contributed by atoms with Crippen molar-refractivity contribution in [3.8, 4) is 6.07 Å². The van der Waals surface area contributed by atoms with Gasteiger partial charge in [0.15, 0.2) is 0 Å². The van der Waals surface area contributed by atoms with Crippen LogP contribution in [0.5, 0.6) is 0 Å². The Morgan fingerprint density at radius 2 is 1.93 bits per heavy atom. The van der Waals surface area contributed by atoms with E-state index in [1.165, 1.54) is 4.90 Å². The monoisotopic (exact) mass is 394 g/mol. The second-order valence-electron chi connectivity index (χ2n) is 8.54. The Balaban J connectivity index is 1.53. The van der Waals surface area contributed by atoms with Crippen LogP contribution in [0.4, 0.5) is 4.39 Å². The van der Waals surface area contributed by atoms with Gasteiger partial charge in [-0.05, 0) is 44.9 Å². The van der Waals surface area contributed by atoms with E-state index in [1.807, 2.05) is 13.0 Å². The fourth-order valence-electron chi connectivity index (χ4n) is 4.97. The molecule has 156 valence electrons. The molecule has 7 nitrogen and oxygen atoms in total. The second kappa shape index (κ2) is 8.34. The summed E-state index contributed by atoms with van der Waals surface area (Å²) >= 11 is 0. The number of amides is 2. The number of rotatable bonds is 7. The Labute approximate surface area is 166 Å². The molecule has 0 spiro atoms. The zero-order chi connectivity index (χ0) is 20.4. The highest BCUT2D eigenvalue weighted by Crippen LogP contribution is 2.52. The first-order valence-electron chi connectivity index (χ1n) is 10.3. The number of fused-ring (bicyclic) bond motifs is 3. The van der Waals surface area contributed by atoms with E-state index in [1.54, 1.807) is 7.11 Å². The van der Waals surface area contributed by atoms with E-state index in [0.717, 1.165) is 44.9 Å². The van der Waals surface area contributed by atoms with Crippen LogP contribution in [0, 0.1) is 16.7 Å². The Kier molecular flexibility index (Phi) is 6.25. The molecule has 0 radical (unpaired) electrons. The van der Waals surface area contributed by atoms with Crippen LogP contribution in [-0.2, 0) is 14.3 Å². The van der Waals surface area contributed by atoms with E-state index in [0.29, 0.717) is 0 Å². The van der Waals surface area contributed by atoms with Gasteiger partial charge in [-0.1, -0.05) is 6.92 Å². The molecule has 3 aliphatic carbocycles. The molecule has 8 heteroatoms. The number of methoxy groups -OCH3 is 1. The molecule has 1 aliphatic heterocycles. The SMILES string of the molecule is CCC(NC(=O)C12CCC(NCC(=O)N3C[C@@H](F)C[C@H]3C#N)(CC1)CC2)OC. The predicted molar refractivity (Wildman–Crippen MR) is 101 cm³/mol. The van der Waals surface area contributed by atoms with Gasteiger partial charge in [-0.3, -0.25) is 9.59 Å². The molecule has 28 heavy (non-hydrogen) atoms. The van der Waals surface area contributed by atoms with Crippen LogP contribution in [0.25, 0.3) is 0 Å². The minimum atomic E-state index is -1.12. The molecule has 2 amide bonds. The minimum Gasteiger partial charge on any atom is -0.362 e. The van der Waals surface area contributed by atoms with Gasteiger partial charge in [0.25, 0.3) is 0 Å². The molecule has 0 aromatic heterocycles. The van der Waals surface area contributed by atoms with E-state index < -0.39 is 12.2 Å². The summed E-state index contributed by atoms with van der Waals surface area (Å²) in [5.41, 5.74) is -0.470. The summed E-state index contributed by atoms with van der Waals surface area (Å²) in [5, 5.41) is 15.5. The number of hydrogen-bond acceptors (Lipinski definition) is 5. The van der Waals surface area contributed by atoms with Crippen molar-refractivity contribution in [2.24, 2.45) is 5.41 Å². The first-order valence-corrected chi connectivity index (χ1v) is 10.3. The third-order valence-electron chi connectivity index (χ3n) is 7.01. The molecule has 4 fully saturated rings. The quantitative estimate of drug-likeness (QED) is 0.640. The summed E-state index contributed by atoms with van der Waals surface area (Å²) < 4.78 is 18.8. The number of carbonyl (C=O) groups excluding carboxylic acids is 2. The van der Waals surface area contributed by atoms with Gasteiger partial charge >= 0.3 is 0 Å². The molecule has 2 bridgehead atoms. The summed E-state index contributed by atoms with van der Waals surface area (Å²) in [4.78, 5) is 26.7. The Bertz CT molecular complexity index is 621. The lowest BCUT2D eigenvalue weighted by atomic mass is 9.57. The number of likely N-dealkylation sites (tertiary alicyclic amines) is 1. The highest BCUT2D eigenvalue weighted by Gasteiger charge is 2.52. The average molecular weight is 394 g/mol. The maximum absolute atomic E-state index is 13.6. The second-order valence-corrected chi connectivity index (χ2v) is 8.54. The Morgan fingerprint density at radius 3 is 2.46 bits per heavy atom. The maximum Gasteiger partial charge on any atom is 0.237 e. The van der Waals surface area contributed by atoms with Gasteiger partial charge < -0.3 is 20.3 Å². The first-order chi connectivity index (χ1) is 13.4. The topological polar surface area (TPSA) is 94.5 Å². The predicted octanol–water partition coefficient (Wildman–Crippen LogP) is 1.63. The van der Waals surface area contributed by atoms with Crippen LogP contribution in [-0.4, -0.2) is 60.9 Å². The average Bonchev–Trinajstić information content (AvgIpc) is 3.12. The number of hydrogen-bond donors (Lipinski definition) is 2. The van der Waals surface area contributed by atoms with Crippen molar-refractivity contribution in [3.63, 3.8) is 0 Å². The van der Waals surface area contributed by atoms with E-state index in [2.05, 4.69) is 10.6 Å². The van der Waals surface area contributed by atoms with Crippen LogP contribution >= 0.6 is 0 Å². The summed E-state index contributed by atoms with van der Waals surface area (Å²) in [5.74, 6) is -0.138. The van der Waals surface area contributed by atoms with E-state index >= 15 is 0 Å². The van der Waals surface area contributed by atoms with Gasteiger partial charge in [-0.2, -0.15) is 5.26 Å². The van der Waals surface area contributed by atoms with Crippen LogP contribution in [0.1, 0.15) is 58.3 Å². The molecule has 0 aromatic rings. The van der Waals surface area contributed by atoms with Crippen molar-refractivity contribution in [1.82, 2.24) is 15.5 Å². The smallest absolute Gasteiger partial charge is 0.237 e. The zero-order valence-electron chi connectivity index (χ0n) is 16.8. The maximum atomic E-state index is 13.6. The van der Waals surface area contributed by atoms with E-state index in [-0.39, 0.29) is 48.5 Å². The van der Waals surface area contributed by atoms with Crippen molar-refractivity contribution in [1.29, 1.82) is 5.26 Å². The number of halogens is 1. The van der Waals surface area contributed by atoms with Crippen LogP contribution < -0.4 is 10.6 Å². The van der Waals surface area contributed by atoms with Crippen LogP contribution in [0.2, 0.25) is 0 Å². The van der Waals surface area contributed by atoms with Crippen LogP contribution in [0.15, 0.2) is 0 Å². The number of nitriles is 1. The largest absolute Gasteiger partial charge is 0.362 e. The molecule has 0 aromatic carbocycles. The fourth-order valence-corrected chi connectivity index (χ4v) is 4.97. The van der Waals surface area contributed by atoms with Gasteiger partial charge in [0.1, 0.15) is 18.4 Å². The Morgan fingerprint density at radius 1 is 1.29 bits per heavy atom. The molecule has 1 heterocycles. The number of nitrogens with zero attached hydrogens (tertiary/aromatic N) is 2. The van der Waals surface area contributed by atoms with Crippen LogP contribution in [0.3, 0.4) is 0 Å². The van der Waals surface area contributed by atoms with E-state index in [9.17, 15) is 14.0 Å². The highest BCUT2D eigenvalue weighted by molar-refractivity contribution is 5.83. The van der Waals surface area contributed by atoms with Crippen molar-refractivity contribution in [2.75, 3.05) is 20.2 Å². The summed E-state index contributed by atoms with van der Waals surface area (Å²) in [7, 11) is 1.60. The number of nitrogens with one attached hydrogen (secondary N) is 2. The van der Waals surface area contributed by atoms with Crippen molar-refractivity contribution >= 4 is 11.8 Å². The molecule has 3 saturated carbocycles. The number of ether oxygens (including phenoxy) is 1. The Hall–Kier alpha value is -1.72. The van der Waals surface area contributed by atoms with Gasteiger partial charge in [0.2, 0.25) is 11.8 Å². The first kappa shape index (κ1) is 21.0. The normalized spacial score (nSPS) is 35.4. The molecule has 4 aliphatic rings. The molecular formula is C20H31FN4O3. The van der Waals surface area contributed by atoms with Crippen molar-refractivity contribution in [2.45, 2.75) is 82.3 Å². The lowest BCUT2D eigenvalue weighted by molar-refractivity contribution is -0.143. The number of carbonyl (C=O) groups is 2. The fraction of sp³-hybridized carbons (Fsp3) is 0.850. The lowest BCUT2D eigenvalue weighted by Crippen LogP contribution is -2.60. The van der Waals surface area contributed by atoms with Gasteiger partial charge in [0.05, 0.1) is 19.2 Å². The highest BCUT2D eigenvalue weighted by atomic mass is 19.1. The summed E-state index contributed by atoms with van der Waals surface area (Å²) in [6, 6.07) is 1.36. The molecule has 2 N–H and O–H groups in total. The molecular weight excluding hydrogens is 363 g/mol. The standard InChI is InChI=1S/C20H31FN4O3/c1-3-16(28-2)24-18(27)19-4-7-20(8-5-19,9-6-19)23-12-17(26)25-13-14(21)10-15(25)11-22/h14-16,23H,3-10,12-13H2,1-2H3,(H,24,27)/t14-,15-,16?,19?,20?/m0/s1. The lowest BCUT2D eigenvalue weighted by Gasteiger charge is -2.53. The van der Waals surface area contributed by atoms with Crippen molar-refractivity contribution in [3.05, 3.63) is 0 Å².